The fourth-order valence-corrected chi connectivity index (χ4v) is 2.80. The first-order valence-corrected chi connectivity index (χ1v) is 7.78. The van der Waals surface area contributed by atoms with Gasteiger partial charge in [-0.05, 0) is 49.2 Å². The average Bonchev–Trinajstić information content (AvgIpc) is 3.02. The summed E-state index contributed by atoms with van der Waals surface area (Å²) in [5, 5.41) is 10.1. The van der Waals surface area contributed by atoms with Crippen LogP contribution in [0.1, 0.15) is 17.8 Å². The molecule has 120 valence electrons. The average molecular weight is 320 g/mol. The van der Waals surface area contributed by atoms with E-state index in [1.807, 2.05) is 36.4 Å². The van der Waals surface area contributed by atoms with Gasteiger partial charge in [0.2, 0.25) is 5.91 Å². The summed E-state index contributed by atoms with van der Waals surface area (Å²) in [7, 11) is 0. The third-order valence-corrected chi connectivity index (χ3v) is 3.96. The molecule has 1 amide bonds. The molecule has 0 bridgehead atoms. The minimum atomic E-state index is 0.0697. The van der Waals surface area contributed by atoms with E-state index < -0.39 is 0 Å². The van der Waals surface area contributed by atoms with E-state index in [2.05, 4.69) is 26.8 Å². The Morgan fingerprint density at radius 1 is 1.17 bits per heavy atom. The van der Waals surface area contributed by atoms with Gasteiger partial charge in [-0.15, -0.1) is 0 Å². The number of aryl methyl sites for hydroxylation is 2. The smallest absolute Gasteiger partial charge is 0.260 e. The highest BCUT2D eigenvalue weighted by atomic mass is 16.5. The number of anilines is 3. The maximum atomic E-state index is 11.5. The van der Waals surface area contributed by atoms with Crippen molar-refractivity contribution in [2.45, 2.75) is 19.8 Å². The van der Waals surface area contributed by atoms with Crippen molar-refractivity contribution in [3.63, 3.8) is 0 Å². The van der Waals surface area contributed by atoms with Crippen LogP contribution in [0.3, 0.4) is 0 Å². The number of hydrogen-bond donors (Lipinski definition) is 2. The van der Waals surface area contributed by atoms with Crippen molar-refractivity contribution < 1.29 is 9.32 Å². The van der Waals surface area contributed by atoms with Crippen molar-refractivity contribution in [1.82, 2.24) is 10.1 Å². The van der Waals surface area contributed by atoms with Crippen molar-refractivity contribution in [1.29, 1.82) is 0 Å². The van der Waals surface area contributed by atoms with Gasteiger partial charge in [0.15, 0.2) is 5.82 Å². The zero-order chi connectivity index (χ0) is 16.5. The predicted molar refractivity (Wildman–Crippen MR) is 91.1 cm³/mol. The molecule has 0 radical (unpaired) electrons. The highest BCUT2D eigenvalue weighted by Gasteiger charge is 2.16. The quantitative estimate of drug-likeness (QED) is 0.769. The van der Waals surface area contributed by atoms with Crippen LogP contribution in [0.25, 0.3) is 11.5 Å². The first kappa shape index (κ1) is 14.4. The standard InChI is InChI=1S/C18H16N4O2/c1-11-19-18(24-22-11)14-4-2-3-5-16(14)20-13-7-8-15-12(10-13)6-9-17(23)21-15/h2-5,7-8,10,20H,6,9H2,1H3,(H,21,23). The summed E-state index contributed by atoms with van der Waals surface area (Å²) in [6.07, 6.45) is 1.27. The van der Waals surface area contributed by atoms with Gasteiger partial charge in [-0.2, -0.15) is 4.98 Å². The molecule has 0 saturated carbocycles. The number of carbonyl (C=O) groups excluding carboxylic acids is 1. The fraction of sp³-hybridized carbons (Fsp3) is 0.167. The van der Waals surface area contributed by atoms with Crippen LogP contribution in [-0.2, 0) is 11.2 Å². The number of nitrogens with zero attached hydrogens (tertiary/aromatic N) is 2. The molecular weight excluding hydrogens is 304 g/mol. The van der Waals surface area contributed by atoms with E-state index in [1.54, 1.807) is 6.92 Å². The van der Waals surface area contributed by atoms with Crippen LogP contribution in [0.4, 0.5) is 17.1 Å². The predicted octanol–water partition coefficient (Wildman–Crippen LogP) is 3.67. The topological polar surface area (TPSA) is 80.0 Å². The molecule has 1 aromatic heterocycles. The molecule has 1 aliphatic heterocycles. The molecule has 4 rings (SSSR count). The number of benzene rings is 2. The monoisotopic (exact) mass is 320 g/mol. The molecule has 3 aromatic rings. The van der Waals surface area contributed by atoms with Gasteiger partial charge in [0.1, 0.15) is 0 Å². The number of amides is 1. The van der Waals surface area contributed by atoms with Gasteiger partial charge in [0.05, 0.1) is 11.3 Å². The van der Waals surface area contributed by atoms with Crippen LogP contribution >= 0.6 is 0 Å². The molecule has 0 aliphatic carbocycles. The molecule has 0 fully saturated rings. The zero-order valence-corrected chi connectivity index (χ0v) is 13.2. The Morgan fingerprint density at radius 2 is 2.04 bits per heavy atom. The van der Waals surface area contributed by atoms with E-state index in [0.717, 1.165) is 34.6 Å². The van der Waals surface area contributed by atoms with Gasteiger partial charge in [0, 0.05) is 17.8 Å². The van der Waals surface area contributed by atoms with Crippen LogP contribution in [-0.4, -0.2) is 16.0 Å². The van der Waals surface area contributed by atoms with Crippen molar-refractivity contribution in [3.05, 3.63) is 53.9 Å². The molecule has 2 aromatic carbocycles. The van der Waals surface area contributed by atoms with E-state index in [1.165, 1.54) is 0 Å². The summed E-state index contributed by atoms with van der Waals surface area (Å²) in [6.45, 7) is 1.79. The Hall–Kier alpha value is -3.15. The Bertz CT molecular complexity index is 917. The molecule has 2 heterocycles. The first-order valence-electron chi connectivity index (χ1n) is 7.78. The van der Waals surface area contributed by atoms with Gasteiger partial charge in [-0.1, -0.05) is 17.3 Å². The minimum absolute atomic E-state index is 0.0697. The number of hydrogen-bond acceptors (Lipinski definition) is 5. The van der Waals surface area contributed by atoms with E-state index in [4.69, 9.17) is 4.52 Å². The van der Waals surface area contributed by atoms with Crippen LogP contribution in [0, 0.1) is 6.92 Å². The highest BCUT2D eigenvalue weighted by Crippen LogP contribution is 2.31. The van der Waals surface area contributed by atoms with Gasteiger partial charge in [0.25, 0.3) is 5.89 Å². The maximum Gasteiger partial charge on any atom is 0.260 e. The number of para-hydroxylation sites is 1. The molecule has 2 N–H and O–H groups in total. The van der Waals surface area contributed by atoms with Crippen molar-refractivity contribution in [3.8, 4) is 11.5 Å². The Kier molecular flexibility index (Phi) is 3.49. The number of fused-ring (bicyclic) bond motifs is 1. The zero-order valence-electron chi connectivity index (χ0n) is 13.2. The van der Waals surface area contributed by atoms with Crippen molar-refractivity contribution >= 4 is 23.0 Å². The lowest BCUT2D eigenvalue weighted by atomic mass is 10.0. The lowest BCUT2D eigenvalue weighted by molar-refractivity contribution is -0.116. The summed E-state index contributed by atoms with van der Waals surface area (Å²) in [6, 6.07) is 13.7. The Balaban J connectivity index is 1.66. The summed E-state index contributed by atoms with van der Waals surface area (Å²) >= 11 is 0. The summed E-state index contributed by atoms with van der Waals surface area (Å²) < 4.78 is 5.28. The van der Waals surface area contributed by atoms with E-state index in [0.29, 0.717) is 18.1 Å². The van der Waals surface area contributed by atoms with Crippen LogP contribution < -0.4 is 10.6 Å². The molecule has 6 heteroatoms. The summed E-state index contributed by atoms with van der Waals surface area (Å²) in [5.74, 6) is 1.16. The fourth-order valence-electron chi connectivity index (χ4n) is 2.80. The minimum Gasteiger partial charge on any atom is -0.355 e. The third-order valence-electron chi connectivity index (χ3n) is 3.96. The summed E-state index contributed by atoms with van der Waals surface area (Å²) in [5.41, 5.74) is 4.71. The van der Waals surface area contributed by atoms with Crippen molar-refractivity contribution in [2.24, 2.45) is 0 Å². The first-order chi connectivity index (χ1) is 11.7. The van der Waals surface area contributed by atoms with Crippen molar-refractivity contribution in [2.75, 3.05) is 10.6 Å². The number of nitrogens with one attached hydrogen (secondary N) is 2. The Morgan fingerprint density at radius 3 is 2.88 bits per heavy atom. The second-order valence-corrected chi connectivity index (χ2v) is 5.74. The molecular formula is C18H16N4O2. The normalized spacial score (nSPS) is 13.3. The summed E-state index contributed by atoms with van der Waals surface area (Å²) in [4.78, 5) is 15.8. The highest BCUT2D eigenvalue weighted by molar-refractivity contribution is 5.94. The lowest BCUT2D eigenvalue weighted by Gasteiger charge is -2.18. The van der Waals surface area contributed by atoms with Crippen LogP contribution in [0.15, 0.2) is 47.0 Å². The van der Waals surface area contributed by atoms with Gasteiger partial charge in [-0.3, -0.25) is 4.79 Å². The molecule has 6 nitrogen and oxygen atoms in total. The molecule has 1 aliphatic rings. The molecule has 24 heavy (non-hydrogen) atoms. The number of carbonyl (C=O) groups is 1. The van der Waals surface area contributed by atoms with E-state index in [9.17, 15) is 4.79 Å². The Labute approximate surface area is 138 Å². The SMILES string of the molecule is Cc1noc(-c2ccccc2Nc2ccc3c(c2)CCC(=O)N3)n1. The molecule has 0 atom stereocenters. The van der Waals surface area contributed by atoms with Gasteiger partial charge in [-0.25, -0.2) is 0 Å². The van der Waals surface area contributed by atoms with Gasteiger partial charge < -0.3 is 15.2 Å². The van der Waals surface area contributed by atoms with E-state index in [-0.39, 0.29) is 5.91 Å². The van der Waals surface area contributed by atoms with Gasteiger partial charge >= 0.3 is 0 Å². The third kappa shape index (κ3) is 2.74. The number of aromatic nitrogens is 2. The number of rotatable bonds is 3. The second kappa shape index (κ2) is 5.81. The molecule has 0 unspecified atom stereocenters. The maximum absolute atomic E-state index is 11.5. The largest absolute Gasteiger partial charge is 0.355 e. The van der Waals surface area contributed by atoms with Crippen LogP contribution in [0.5, 0.6) is 0 Å². The van der Waals surface area contributed by atoms with E-state index >= 15 is 0 Å². The second-order valence-electron chi connectivity index (χ2n) is 5.74. The lowest BCUT2D eigenvalue weighted by Crippen LogP contribution is -2.18. The molecule has 0 saturated heterocycles. The molecule has 0 spiro atoms. The van der Waals surface area contributed by atoms with Crippen LogP contribution in [0.2, 0.25) is 0 Å².